The van der Waals surface area contributed by atoms with Crippen molar-refractivity contribution in [1.29, 1.82) is 0 Å². The van der Waals surface area contributed by atoms with Crippen LogP contribution in [0.3, 0.4) is 0 Å². The number of hydrogen-bond donors (Lipinski definition) is 2. The molecule has 0 spiro atoms. The average Bonchev–Trinajstić information content (AvgIpc) is 2.60. The molecule has 0 aliphatic carbocycles. The summed E-state index contributed by atoms with van der Waals surface area (Å²) in [5.41, 5.74) is 0.532. The molecule has 0 fully saturated rings. The van der Waals surface area contributed by atoms with Gasteiger partial charge in [-0.2, -0.15) is 18.3 Å². The van der Waals surface area contributed by atoms with E-state index >= 15 is 0 Å². The van der Waals surface area contributed by atoms with E-state index in [2.05, 4.69) is 5.10 Å². The lowest BCUT2D eigenvalue weighted by Crippen LogP contribution is -2.22. The monoisotopic (exact) mass is 366 g/mol. The number of rotatable bonds is 5. The Hall–Kier alpha value is -3.36. The Morgan fingerprint density at radius 1 is 1.15 bits per heavy atom. The van der Waals surface area contributed by atoms with Crippen LogP contribution in [-0.4, -0.2) is 30.3 Å². The minimum Gasteiger partial charge on any atom is -0.496 e. The molecule has 0 aliphatic rings. The fraction of sp³-hybridized carbons (Fsp3) is 0.118. The maximum absolute atomic E-state index is 12.9. The molecule has 0 unspecified atom stereocenters. The maximum atomic E-state index is 12.9. The van der Waals surface area contributed by atoms with Gasteiger partial charge in [0, 0.05) is 0 Å². The maximum Gasteiger partial charge on any atom is 0.417 e. The molecule has 0 saturated carbocycles. The Morgan fingerprint density at radius 3 is 2.46 bits per heavy atom. The largest absolute Gasteiger partial charge is 0.496 e. The molecule has 2 aromatic rings. The number of carbonyl (C=O) groups is 2. The highest BCUT2D eigenvalue weighted by Gasteiger charge is 2.34. The zero-order chi connectivity index (χ0) is 19.3. The lowest BCUT2D eigenvalue weighted by molar-refractivity contribution is -0.137. The molecule has 0 aromatic heterocycles. The first-order valence-electron chi connectivity index (χ1n) is 7.15. The summed E-state index contributed by atoms with van der Waals surface area (Å²) >= 11 is 0. The van der Waals surface area contributed by atoms with Crippen molar-refractivity contribution in [3.05, 3.63) is 64.7 Å². The first kappa shape index (κ1) is 19.0. The molecule has 136 valence electrons. The van der Waals surface area contributed by atoms with Crippen molar-refractivity contribution in [2.24, 2.45) is 5.10 Å². The van der Waals surface area contributed by atoms with Crippen LogP contribution in [0.15, 0.2) is 47.6 Å². The summed E-state index contributed by atoms with van der Waals surface area (Å²) in [6, 6.07) is 8.42. The second kappa shape index (κ2) is 7.68. The average molecular weight is 366 g/mol. The molecular formula is C17H13F3N2O4. The number of nitrogens with one attached hydrogen (secondary N) is 1. The molecule has 0 atom stereocenters. The van der Waals surface area contributed by atoms with Gasteiger partial charge in [-0.05, 0) is 35.9 Å². The number of benzene rings is 2. The van der Waals surface area contributed by atoms with Gasteiger partial charge in [0.15, 0.2) is 0 Å². The van der Waals surface area contributed by atoms with E-state index in [-0.39, 0.29) is 11.3 Å². The van der Waals surface area contributed by atoms with Crippen LogP contribution >= 0.6 is 0 Å². The molecule has 2 rings (SSSR count). The Labute approximate surface area is 145 Å². The summed E-state index contributed by atoms with van der Waals surface area (Å²) < 4.78 is 43.6. The van der Waals surface area contributed by atoms with Gasteiger partial charge in [0.05, 0.1) is 24.5 Å². The zero-order valence-corrected chi connectivity index (χ0v) is 13.4. The third-order valence-electron chi connectivity index (χ3n) is 3.31. The van der Waals surface area contributed by atoms with E-state index in [1.165, 1.54) is 37.4 Å². The van der Waals surface area contributed by atoms with E-state index in [4.69, 9.17) is 9.84 Å². The number of halogens is 3. The van der Waals surface area contributed by atoms with Gasteiger partial charge >= 0.3 is 12.1 Å². The predicted octanol–water partition coefficient (Wildman–Crippen LogP) is 3.18. The number of carbonyl (C=O) groups excluding carboxylic acids is 1. The van der Waals surface area contributed by atoms with Crippen LogP contribution in [-0.2, 0) is 6.18 Å². The van der Waals surface area contributed by atoms with E-state index in [0.29, 0.717) is 5.56 Å². The summed E-state index contributed by atoms with van der Waals surface area (Å²) in [7, 11) is 1.31. The number of hydrazone groups is 1. The Morgan fingerprint density at radius 2 is 1.85 bits per heavy atom. The van der Waals surface area contributed by atoms with Gasteiger partial charge in [0.2, 0.25) is 0 Å². The number of nitrogens with zero attached hydrogens (tertiary/aromatic N) is 1. The molecule has 0 aliphatic heterocycles. The van der Waals surface area contributed by atoms with Crippen molar-refractivity contribution in [1.82, 2.24) is 5.43 Å². The molecule has 9 heteroatoms. The number of aromatic carboxylic acids is 1. The van der Waals surface area contributed by atoms with Crippen molar-refractivity contribution in [2.75, 3.05) is 7.11 Å². The highest BCUT2D eigenvalue weighted by atomic mass is 19.4. The van der Waals surface area contributed by atoms with Gasteiger partial charge in [-0.15, -0.1) is 0 Å². The number of methoxy groups -OCH3 is 1. The van der Waals surface area contributed by atoms with Gasteiger partial charge in [0.1, 0.15) is 11.3 Å². The van der Waals surface area contributed by atoms with Crippen LogP contribution < -0.4 is 10.2 Å². The van der Waals surface area contributed by atoms with Crippen molar-refractivity contribution in [3.63, 3.8) is 0 Å². The second-order valence-electron chi connectivity index (χ2n) is 5.01. The number of carboxylic acids is 1. The number of amides is 1. The normalized spacial score (nSPS) is 11.4. The lowest BCUT2D eigenvalue weighted by Gasteiger charge is -2.11. The van der Waals surface area contributed by atoms with Crippen molar-refractivity contribution in [2.45, 2.75) is 6.18 Å². The van der Waals surface area contributed by atoms with Gasteiger partial charge < -0.3 is 9.84 Å². The SMILES string of the molecule is COc1ccc(/C=N/NC(=O)c2ccccc2C(F)(F)F)cc1C(=O)O. The molecule has 1 amide bonds. The summed E-state index contributed by atoms with van der Waals surface area (Å²) in [5, 5.41) is 12.7. The van der Waals surface area contributed by atoms with Crippen LogP contribution in [0, 0.1) is 0 Å². The first-order valence-corrected chi connectivity index (χ1v) is 7.15. The Kier molecular flexibility index (Phi) is 5.61. The quantitative estimate of drug-likeness (QED) is 0.628. The van der Waals surface area contributed by atoms with Gasteiger partial charge in [-0.25, -0.2) is 10.2 Å². The molecule has 26 heavy (non-hydrogen) atoms. The van der Waals surface area contributed by atoms with E-state index in [1.807, 2.05) is 5.43 Å². The Bertz CT molecular complexity index is 863. The third-order valence-corrected chi connectivity index (χ3v) is 3.31. The van der Waals surface area contributed by atoms with Gasteiger partial charge in [-0.1, -0.05) is 12.1 Å². The minimum atomic E-state index is -4.68. The molecule has 2 aromatic carbocycles. The summed E-state index contributed by atoms with van der Waals surface area (Å²) in [6.07, 6.45) is -3.57. The smallest absolute Gasteiger partial charge is 0.417 e. The summed E-state index contributed by atoms with van der Waals surface area (Å²) in [4.78, 5) is 23.1. The number of carboxylic acid groups (broad SMARTS) is 1. The van der Waals surface area contributed by atoms with Crippen LogP contribution in [0.5, 0.6) is 5.75 Å². The molecule has 0 radical (unpaired) electrons. The van der Waals surface area contributed by atoms with Crippen LogP contribution in [0.1, 0.15) is 31.8 Å². The molecule has 2 N–H and O–H groups in total. The topological polar surface area (TPSA) is 88.0 Å². The minimum absolute atomic E-state index is 0.120. The summed E-state index contributed by atoms with van der Waals surface area (Å²) in [6.45, 7) is 0. The van der Waals surface area contributed by atoms with E-state index < -0.39 is 29.2 Å². The van der Waals surface area contributed by atoms with Crippen molar-refractivity contribution >= 4 is 18.1 Å². The van der Waals surface area contributed by atoms with Crippen LogP contribution in [0.4, 0.5) is 13.2 Å². The molecule has 0 bridgehead atoms. The van der Waals surface area contributed by atoms with Crippen LogP contribution in [0.2, 0.25) is 0 Å². The van der Waals surface area contributed by atoms with Gasteiger partial charge in [-0.3, -0.25) is 4.79 Å². The fourth-order valence-corrected chi connectivity index (χ4v) is 2.13. The van der Waals surface area contributed by atoms with E-state index in [1.54, 1.807) is 0 Å². The van der Waals surface area contributed by atoms with Crippen molar-refractivity contribution < 1.29 is 32.6 Å². The van der Waals surface area contributed by atoms with E-state index in [9.17, 15) is 22.8 Å². The molecule has 0 saturated heterocycles. The molecule has 6 nitrogen and oxygen atoms in total. The third kappa shape index (κ3) is 4.38. The first-order chi connectivity index (χ1) is 12.2. The Balaban J connectivity index is 2.18. The number of alkyl halides is 3. The molecular weight excluding hydrogens is 353 g/mol. The number of hydrogen-bond acceptors (Lipinski definition) is 4. The zero-order valence-electron chi connectivity index (χ0n) is 13.4. The lowest BCUT2D eigenvalue weighted by atomic mass is 10.1. The predicted molar refractivity (Wildman–Crippen MR) is 86.5 cm³/mol. The molecule has 0 heterocycles. The fourth-order valence-electron chi connectivity index (χ4n) is 2.13. The summed E-state index contributed by atoms with van der Waals surface area (Å²) in [5.74, 6) is -2.13. The standard InChI is InChI=1S/C17H13F3N2O4/c1-26-14-7-6-10(8-12(14)16(24)25)9-21-22-15(23)11-4-2-3-5-13(11)17(18,19)20/h2-9H,1H3,(H,22,23)(H,24,25)/b21-9+. The van der Waals surface area contributed by atoms with Crippen molar-refractivity contribution in [3.8, 4) is 5.75 Å². The second-order valence-corrected chi connectivity index (χ2v) is 5.01. The van der Waals surface area contributed by atoms with Gasteiger partial charge in [0.25, 0.3) is 5.91 Å². The highest BCUT2D eigenvalue weighted by Crippen LogP contribution is 2.31. The van der Waals surface area contributed by atoms with Crippen LogP contribution in [0.25, 0.3) is 0 Å². The highest BCUT2D eigenvalue weighted by molar-refractivity contribution is 5.97. The number of ether oxygens (including phenoxy) is 1. The van der Waals surface area contributed by atoms with E-state index in [0.717, 1.165) is 18.3 Å².